The third-order valence-corrected chi connectivity index (χ3v) is 5.80. The molecule has 0 aromatic heterocycles. The number of nitrogens with one attached hydrogen (secondary N) is 1. The van der Waals surface area contributed by atoms with E-state index in [1.165, 1.54) is 0 Å². The summed E-state index contributed by atoms with van der Waals surface area (Å²) in [6, 6.07) is 6.66. The molecule has 0 spiro atoms. The van der Waals surface area contributed by atoms with Crippen LogP contribution in [0.4, 0.5) is 5.69 Å². The lowest BCUT2D eigenvalue weighted by atomic mass is 10.1. The smallest absolute Gasteiger partial charge is 0.126 e. The van der Waals surface area contributed by atoms with Crippen molar-refractivity contribution in [3.05, 3.63) is 23.8 Å². The molecule has 1 aliphatic heterocycles. The molecule has 3 N–H and O–H groups in total. The van der Waals surface area contributed by atoms with Gasteiger partial charge in [0.25, 0.3) is 0 Å². The van der Waals surface area contributed by atoms with Crippen molar-refractivity contribution in [1.29, 1.82) is 5.41 Å². The molecule has 1 heterocycles. The number of rotatable bonds is 3. The van der Waals surface area contributed by atoms with Gasteiger partial charge in [0.1, 0.15) is 5.84 Å². The van der Waals surface area contributed by atoms with Crippen molar-refractivity contribution >= 4 is 35.0 Å². The first-order chi connectivity index (χ1) is 9.06. The van der Waals surface area contributed by atoms with Crippen molar-refractivity contribution in [2.45, 2.75) is 30.0 Å². The first kappa shape index (κ1) is 14.6. The minimum Gasteiger partial charge on any atom is -0.384 e. The van der Waals surface area contributed by atoms with E-state index in [2.05, 4.69) is 30.9 Å². The average Bonchev–Trinajstić information content (AvgIpc) is 2.40. The number of thioether (sulfide) groups is 2. The first-order valence-corrected chi connectivity index (χ1v) is 8.73. The third-order valence-electron chi connectivity index (χ3n) is 3.69. The van der Waals surface area contributed by atoms with E-state index in [1.807, 2.05) is 24.1 Å². The summed E-state index contributed by atoms with van der Waals surface area (Å²) in [7, 11) is 0. The van der Waals surface area contributed by atoms with Crippen LogP contribution >= 0.6 is 23.5 Å². The van der Waals surface area contributed by atoms with E-state index in [4.69, 9.17) is 11.1 Å². The summed E-state index contributed by atoms with van der Waals surface area (Å²) in [4.78, 5) is 3.49. The van der Waals surface area contributed by atoms with Crippen molar-refractivity contribution in [1.82, 2.24) is 0 Å². The SMILES string of the molecule is CSc1cccc(N2CCSC(C)C2C)c1C(=N)N. The van der Waals surface area contributed by atoms with Crippen LogP contribution in [0.25, 0.3) is 0 Å². The Morgan fingerprint density at radius 3 is 2.84 bits per heavy atom. The molecule has 1 aliphatic rings. The highest BCUT2D eigenvalue weighted by Crippen LogP contribution is 2.34. The molecule has 0 bridgehead atoms. The predicted octanol–water partition coefficient (Wildman–Crippen LogP) is 3.02. The summed E-state index contributed by atoms with van der Waals surface area (Å²) in [6.07, 6.45) is 2.03. The van der Waals surface area contributed by atoms with Crippen LogP contribution in [-0.4, -0.2) is 35.7 Å². The second-order valence-corrected chi connectivity index (χ2v) is 7.11. The van der Waals surface area contributed by atoms with Crippen LogP contribution in [-0.2, 0) is 0 Å². The van der Waals surface area contributed by atoms with Crippen LogP contribution in [0.5, 0.6) is 0 Å². The Kier molecular flexibility index (Phi) is 4.68. The summed E-state index contributed by atoms with van der Waals surface area (Å²) >= 11 is 3.67. The van der Waals surface area contributed by atoms with Gasteiger partial charge in [0.05, 0.1) is 5.56 Å². The fourth-order valence-corrected chi connectivity index (χ4v) is 4.21. The first-order valence-electron chi connectivity index (χ1n) is 6.46. The molecule has 1 fully saturated rings. The number of nitrogens with zero attached hydrogens (tertiary/aromatic N) is 1. The van der Waals surface area contributed by atoms with Gasteiger partial charge in [-0.3, -0.25) is 5.41 Å². The van der Waals surface area contributed by atoms with Gasteiger partial charge >= 0.3 is 0 Å². The number of hydrogen-bond donors (Lipinski definition) is 2. The van der Waals surface area contributed by atoms with Crippen LogP contribution in [0, 0.1) is 5.41 Å². The van der Waals surface area contributed by atoms with E-state index in [9.17, 15) is 0 Å². The maximum absolute atomic E-state index is 7.89. The van der Waals surface area contributed by atoms with Gasteiger partial charge < -0.3 is 10.6 Å². The van der Waals surface area contributed by atoms with Crippen molar-refractivity contribution in [3.63, 3.8) is 0 Å². The normalized spacial score (nSPS) is 23.4. The molecule has 5 heteroatoms. The molecule has 2 unspecified atom stereocenters. The van der Waals surface area contributed by atoms with Gasteiger partial charge in [0.15, 0.2) is 0 Å². The van der Waals surface area contributed by atoms with Crippen molar-refractivity contribution in [2.24, 2.45) is 5.73 Å². The summed E-state index contributed by atoms with van der Waals surface area (Å²) in [5.41, 5.74) is 7.82. The van der Waals surface area contributed by atoms with E-state index in [0.717, 1.165) is 28.4 Å². The standard InChI is InChI=1S/C14H21N3S2/c1-9-10(2)19-8-7-17(9)11-5-4-6-12(18-3)13(11)14(15)16/h4-6,9-10H,7-8H2,1-3H3,(H3,15,16). The molecule has 0 radical (unpaired) electrons. The monoisotopic (exact) mass is 295 g/mol. The Bertz CT molecular complexity index is 476. The van der Waals surface area contributed by atoms with Crippen LogP contribution in [0.2, 0.25) is 0 Å². The molecule has 1 aromatic rings. The van der Waals surface area contributed by atoms with E-state index >= 15 is 0 Å². The molecule has 19 heavy (non-hydrogen) atoms. The van der Waals surface area contributed by atoms with Gasteiger partial charge in [-0.15, -0.1) is 11.8 Å². The molecule has 2 rings (SSSR count). The van der Waals surface area contributed by atoms with Gasteiger partial charge in [0.2, 0.25) is 0 Å². The summed E-state index contributed by atoms with van der Waals surface area (Å²) < 4.78 is 0. The number of benzene rings is 1. The number of hydrogen-bond acceptors (Lipinski definition) is 4. The molecule has 3 nitrogen and oxygen atoms in total. The second kappa shape index (κ2) is 6.09. The number of amidine groups is 1. The highest BCUT2D eigenvalue weighted by molar-refractivity contribution is 8.00. The van der Waals surface area contributed by atoms with Gasteiger partial charge in [0, 0.05) is 34.2 Å². The number of nitrogen functional groups attached to an aromatic ring is 1. The molecule has 0 saturated carbocycles. The van der Waals surface area contributed by atoms with Gasteiger partial charge in [-0.05, 0) is 25.3 Å². The number of nitrogens with two attached hydrogens (primary N) is 1. The van der Waals surface area contributed by atoms with E-state index in [1.54, 1.807) is 11.8 Å². The molecule has 0 amide bonds. The van der Waals surface area contributed by atoms with Crippen molar-refractivity contribution in [3.8, 4) is 0 Å². The molecule has 1 aromatic carbocycles. The Morgan fingerprint density at radius 1 is 1.47 bits per heavy atom. The minimum atomic E-state index is 0.165. The van der Waals surface area contributed by atoms with Crippen LogP contribution in [0.3, 0.4) is 0 Å². The highest BCUT2D eigenvalue weighted by atomic mass is 32.2. The fraction of sp³-hybridized carbons (Fsp3) is 0.500. The molecular formula is C14H21N3S2. The van der Waals surface area contributed by atoms with Crippen molar-refractivity contribution in [2.75, 3.05) is 23.5 Å². The Balaban J connectivity index is 2.46. The van der Waals surface area contributed by atoms with E-state index < -0.39 is 0 Å². The maximum Gasteiger partial charge on any atom is 0.126 e. The summed E-state index contributed by atoms with van der Waals surface area (Å²) in [5, 5.41) is 8.49. The van der Waals surface area contributed by atoms with Gasteiger partial charge in [-0.25, -0.2) is 0 Å². The third kappa shape index (κ3) is 2.87. The zero-order chi connectivity index (χ0) is 14.0. The summed E-state index contributed by atoms with van der Waals surface area (Å²) in [6.45, 7) is 5.55. The van der Waals surface area contributed by atoms with Crippen LogP contribution < -0.4 is 10.6 Å². The topological polar surface area (TPSA) is 53.1 Å². The quantitative estimate of drug-likeness (QED) is 0.511. The van der Waals surface area contributed by atoms with Crippen LogP contribution in [0.15, 0.2) is 23.1 Å². The molecular weight excluding hydrogens is 274 g/mol. The second-order valence-electron chi connectivity index (χ2n) is 4.78. The zero-order valence-electron chi connectivity index (χ0n) is 11.6. The molecule has 104 valence electrons. The zero-order valence-corrected chi connectivity index (χ0v) is 13.3. The lowest BCUT2D eigenvalue weighted by Gasteiger charge is -2.40. The Labute approximate surface area is 123 Å². The lowest BCUT2D eigenvalue weighted by molar-refractivity contribution is 0.626. The maximum atomic E-state index is 7.89. The van der Waals surface area contributed by atoms with Crippen molar-refractivity contribution < 1.29 is 0 Å². The summed E-state index contributed by atoms with van der Waals surface area (Å²) in [5.74, 6) is 1.30. The molecule has 0 aliphatic carbocycles. The Hall–Kier alpha value is -0.810. The highest BCUT2D eigenvalue weighted by Gasteiger charge is 2.27. The van der Waals surface area contributed by atoms with E-state index in [0.29, 0.717) is 11.3 Å². The number of anilines is 1. The van der Waals surface area contributed by atoms with Gasteiger partial charge in [-0.1, -0.05) is 13.0 Å². The predicted molar refractivity (Wildman–Crippen MR) is 88.0 cm³/mol. The molecule has 2 atom stereocenters. The average molecular weight is 295 g/mol. The van der Waals surface area contributed by atoms with Crippen LogP contribution in [0.1, 0.15) is 19.4 Å². The fourth-order valence-electron chi connectivity index (χ4n) is 2.47. The van der Waals surface area contributed by atoms with E-state index in [-0.39, 0.29) is 5.84 Å². The largest absolute Gasteiger partial charge is 0.384 e. The van der Waals surface area contributed by atoms with Gasteiger partial charge in [-0.2, -0.15) is 11.8 Å². The Morgan fingerprint density at radius 2 is 2.21 bits per heavy atom. The molecule has 1 saturated heterocycles. The lowest BCUT2D eigenvalue weighted by Crippen LogP contribution is -2.45. The minimum absolute atomic E-state index is 0.165.